The summed E-state index contributed by atoms with van der Waals surface area (Å²) in [6.45, 7) is 1.39. The van der Waals surface area contributed by atoms with Gasteiger partial charge in [0.2, 0.25) is 5.91 Å². The first-order valence-corrected chi connectivity index (χ1v) is 7.20. The molecule has 1 aromatic carbocycles. The first-order valence-electron chi connectivity index (χ1n) is 6.45. The molecule has 108 valence electrons. The van der Waals surface area contributed by atoms with Crippen molar-refractivity contribution in [2.75, 3.05) is 13.1 Å². The van der Waals surface area contributed by atoms with E-state index in [9.17, 15) is 14.7 Å². The van der Waals surface area contributed by atoms with E-state index in [2.05, 4.69) is 0 Å². The van der Waals surface area contributed by atoms with Gasteiger partial charge < -0.3 is 10.0 Å². The first kappa shape index (κ1) is 15.1. The minimum Gasteiger partial charge on any atom is -0.481 e. The average Bonchev–Trinajstić information content (AvgIpc) is 2.90. The molecule has 1 fully saturated rings. The van der Waals surface area contributed by atoms with Crippen LogP contribution in [0.1, 0.15) is 30.7 Å². The molecule has 1 aliphatic heterocycles. The Hall–Kier alpha value is -1.26. The number of likely N-dealkylation sites (tertiary alicyclic amines) is 1. The van der Waals surface area contributed by atoms with E-state index < -0.39 is 11.9 Å². The lowest BCUT2D eigenvalue weighted by atomic mass is 9.95. The summed E-state index contributed by atoms with van der Waals surface area (Å²) < 4.78 is 0. The fourth-order valence-corrected chi connectivity index (χ4v) is 3.09. The fourth-order valence-electron chi connectivity index (χ4n) is 2.43. The van der Waals surface area contributed by atoms with Gasteiger partial charge in [-0.15, -0.1) is 0 Å². The zero-order valence-electron chi connectivity index (χ0n) is 10.8. The molecule has 1 amide bonds. The summed E-state index contributed by atoms with van der Waals surface area (Å²) in [6.07, 6.45) is 1.82. The van der Waals surface area contributed by atoms with Gasteiger partial charge in [0.05, 0.1) is 5.92 Å². The maximum atomic E-state index is 12.1. The minimum absolute atomic E-state index is 0.112. The van der Waals surface area contributed by atoms with Crippen LogP contribution in [0.25, 0.3) is 0 Å². The van der Waals surface area contributed by atoms with Crippen molar-refractivity contribution < 1.29 is 14.7 Å². The van der Waals surface area contributed by atoms with Gasteiger partial charge in [0.15, 0.2) is 0 Å². The Bertz CT molecular complexity index is 507. The highest BCUT2D eigenvalue weighted by Crippen LogP contribution is 2.34. The molecule has 20 heavy (non-hydrogen) atoms. The molecule has 1 aliphatic rings. The van der Waals surface area contributed by atoms with Crippen molar-refractivity contribution in [2.24, 2.45) is 0 Å². The summed E-state index contributed by atoms with van der Waals surface area (Å²) in [7, 11) is 0. The topological polar surface area (TPSA) is 57.6 Å². The lowest BCUT2D eigenvalue weighted by Crippen LogP contribution is -2.30. The predicted molar refractivity (Wildman–Crippen MR) is 77.3 cm³/mol. The van der Waals surface area contributed by atoms with E-state index in [4.69, 9.17) is 23.2 Å². The highest BCUT2D eigenvalue weighted by molar-refractivity contribution is 6.36. The second-order valence-corrected chi connectivity index (χ2v) is 5.63. The van der Waals surface area contributed by atoms with Gasteiger partial charge in [-0.1, -0.05) is 29.3 Å². The molecule has 1 heterocycles. The van der Waals surface area contributed by atoms with E-state index in [0.29, 0.717) is 18.7 Å². The number of rotatable bonds is 4. The summed E-state index contributed by atoms with van der Waals surface area (Å²) in [4.78, 5) is 25.3. The predicted octanol–water partition coefficient (Wildman–Crippen LogP) is 3.17. The number of nitrogens with zero attached hydrogens (tertiary/aromatic N) is 1. The number of benzene rings is 1. The van der Waals surface area contributed by atoms with Gasteiger partial charge in [-0.05, 0) is 25.0 Å². The summed E-state index contributed by atoms with van der Waals surface area (Å²) in [5, 5.41) is 9.93. The largest absolute Gasteiger partial charge is 0.481 e. The van der Waals surface area contributed by atoms with Crippen LogP contribution in [0.5, 0.6) is 0 Å². The molecule has 0 radical (unpaired) electrons. The first-order chi connectivity index (χ1) is 9.50. The molecule has 1 aromatic rings. The number of carbonyl (C=O) groups excluding carboxylic acids is 1. The second-order valence-electron chi connectivity index (χ2n) is 4.82. The summed E-state index contributed by atoms with van der Waals surface area (Å²) in [5.74, 6) is -2.26. The number of amides is 1. The lowest BCUT2D eigenvalue weighted by Gasteiger charge is -2.20. The van der Waals surface area contributed by atoms with Crippen LogP contribution in [0.15, 0.2) is 18.2 Å². The molecule has 1 saturated heterocycles. The molecular formula is C14H15Cl2NO3. The number of carboxylic acid groups (broad SMARTS) is 1. The Labute approximate surface area is 127 Å². The van der Waals surface area contributed by atoms with Gasteiger partial charge in [-0.3, -0.25) is 9.59 Å². The van der Waals surface area contributed by atoms with Crippen molar-refractivity contribution in [2.45, 2.75) is 25.2 Å². The summed E-state index contributed by atoms with van der Waals surface area (Å²) in [5.41, 5.74) is 0.316. The van der Waals surface area contributed by atoms with Crippen LogP contribution in [0.2, 0.25) is 10.0 Å². The fraction of sp³-hybridized carbons (Fsp3) is 0.429. The Morgan fingerprint density at radius 3 is 2.25 bits per heavy atom. The molecule has 0 aromatic heterocycles. The minimum atomic E-state index is -1.09. The van der Waals surface area contributed by atoms with Crippen LogP contribution in [-0.2, 0) is 9.59 Å². The molecule has 1 atom stereocenters. The van der Waals surface area contributed by atoms with E-state index >= 15 is 0 Å². The normalized spacial score (nSPS) is 16.2. The third kappa shape index (κ3) is 3.25. The van der Waals surface area contributed by atoms with Crippen molar-refractivity contribution in [1.82, 2.24) is 4.90 Å². The zero-order valence-corrected chi connectivity index (χ0v) is 12.3. The van der Waals surface area contributed by atoms with Gasteiger partial charge in [-0.2, -0.15) is 0 Å². The maximum Gasteiger partial charge on any atom is 0.311 e. The molecular weight excluding hydrogens is 301 g/mol. The van der Waals surface area contributed by atoms with Gasteiger partial charge in [0.1, 0.15) is 0 Å². The Morgan fingerprint density at radius 1 is 1.20 bits per heavy atom. The SMILES string of the molecule is O=C(O)C(CC(=O)N1CCCC1)c1c(Cl)cccc1Cl. The lowest BCUT2D eigenvalue weighted by molar-refractivity contribution is -0.142. The van der Waals surface area contributed by atoms with E-state index in [1.54, 1.807) is 23.1 Å². The molecule has 0 bridgehead atoms. The molecule has 6 heteroatoms. The summed E-state index contributed by atoms with van der Waals surface area (Å²) in [6, 6.07) is 4.81. The Morgan fingerprint density at radius 2 is 1.75 bits per heavy atom. The van der Waals surface area contributed by atoms with E-state index in [1.807, 2.05) is 0 Å². The Balaban J connectivity index is 2.23. The van der Waals surface area contributed by atoms with Gasteiger partial charge in [0, 0.05) is 35.1 Å². The van der Waals surface area contributed by atoms with Crippen molar-refractivity contribution in [3.05, 3.63) is 33.8 Å². The molecule has 1 unspecified atom stereocenters. The van der Waals surface area contributed by atoms with Crippen molar-refractivity contribution in [1.29, 1.82) is 0 Å². The van der Waals surface area contributed by atoms with Crippen LogP contribution < -0.4 is 0 Å². The third-order valence-electron chi connectivity index (χ3n) is 3.48. The standard InChI is InChI=1S/C14H15Cl2NO3/c15-10-4-3-5-11(16)13(10)9(14(19)20)8-12(18)17-6-1-2-7-17/h3-5,9H,1-2,6-8H2,(H,19,20). The molecule has 0 aliphatic carbocycles. The van der Waals surface area contributed by atoms with Crippen LogP contribution in [-0.4, -0.2) is 35.0 Å². The van der Waals surface area contributed by atoms with Crippen molar-refractivity contribution in [3.63, 3.8) is 0 Å². The third-order valence-corrected chi connectivity index (χ3v) is 4.14. The number of hydrogen-bond acceptors (Lipinski definition) is 2. The highest BCUT2D eigenvalue weighted by atomic mass is 35.5. The Kier molecular flexibility index (Phi) is 4.89. The van der Waals surface area contributed by atoms with Gasteiger partial charge in [-0.25, -0.2) is 0 Å². The van der Waals surface area contributed by atoms with Gasteiger partial charge in [0.25, 0.3) is 0 Å². The van der Waals surface area contributed by atoms with Crippen LogP contribution >= 0.6 is 23.2 Å². The van der Waals surface area contributed by atoms with E-state index in [1.165, 1.54) is 0 Å². The number of carbonyl (C=O) groups is 2. The van der Waals surface area contributed by atoms with Crippen LogP contribution in [0.3, 0.4) is 0 Å². The van der Waals surface area contributed by atoms with Gasteiger partial charge >= 0.3 is 5.97 Å². The molecule has 0 saturated carbocycles. The smallest absolute Gasteiger partial charge is 0.311 e. The number of hydrogen-bond donors (Lipinski definition) is 1. The molecule has 1 N–H and O–H groups in total. The molecule has 4 nitrogen and oxygen atoms in total. The molecule has 0 spiro atoms. The number of carboxylic acids is 1. The van der Waals surface area contributed by atoms with Crippen LogP contribution in [0, 0.1) is 0 Å². The maximum absolute atomic E-state index is 12.1. The van der Waals surface area contributed by atoms with Crippen molar-refractivity contribution in [3.8, 4) is 0 Å². The van der Waals surface area contributed by atoms with Crippen LogP contribution in [0.4, 0.5) is 0 Å². The summed E-state index contributed by atoms with van der Waals surface area (Å²) >= 11 is 12.1. The zero-order chi connectivity index (χ0) is 14.7. The highest BCUT2D eigenvalue weighted by Gasteiger charge is 2.30. The monoisotopic (exact) mass is 315 g/mol. The molecule has 2 rings (SSSR count). The van der Waals surface area contributed by atoms with E-state index in [-0.39, 0.29) is 22.4 Å². The average molecular weight is 316 g/mol. The quantitative estimate of drug-likeness (QED) is 0.928. The number of halogens is 2. The van der Waals surface area contributed by atoms with E-state index in [0.717, 1.165) is 12.8 Å². The number of aliphatic carboxylic acids is 1. The van der Waals surface area contributed by atoms with Crippen molar-refractivity contribution >= 4 is 35.1 Å². The second kappa shape index (κ2) is 6.46.